The Bertz CT molecular complexity index is 763. The molecule has 5 nitrogen and oxygen atoms in total. The van der Waals surface area contributed by atoms with Gasteiger partial charge in [-0.05, 0) is 25.8 Å². The second kappa shape index (κ2) is 9.03. The highest BCUT2D eigenvalue weighted by molar-refractivity contribution is 7.99. The number of aryl methyl sites for hydroxylation is 1. The van der Waals surface area contributed by atoms with Crippen molar-refractivity contribution in [3.63, 3.8) is 0 Å². The first kappa shape index (κ1) is 18.7. The SMILES string of the molecule is C=CCn1c(SCC(=O)N2CCCCCC2)nnc1-c1cccc(C)c1. The summed E-state index contributed by atoms with van der Waals surface area (Å²) in [6.07, 6.45) is 6.51. The lowest BCUT2D eigenvalue weighted by molar-refractivity contribution is -0.128. The summed E-state index contributed by atoms with van der Waals surface area (Å²) in [5.74, 6) is 1.42. The third-order valence-corrected chi connectivity index (χ3v) is 5.54. The lowest BCUT2D eigenvalue weighted by atomic mass is 10.1. The highest BCUT2D eigenvalue weighted by atomic mass is 32.2. The van der Waals surface area contributed by atoms with E-state index >= 15 is 0 Å². The smallest absolute Gasteiger partial charge is 0.233 e. The van der Waals surface area contributed by atoms with Crippen molar-refractivity contribution < 1.29 is 4.79 Å². The van der Waals surface area contributed by atoms with Crippen LogP contribution in [0, 0.1) is 6.92 Å². The second-order valence-corrected chi connectivity index (χ2v) is 7.60. The largest absolute Gasteiger partial charge is 0.342 e. The van der Waals surface area contributed by atoms with Crippen LogP contribution in [-0.4, -0.2) is 44.4 Å². The second-order valence-electron chi connectivity index (χ2n) is 6.66. The zero-order chi connectivity index (χ0) is 18.4. The number of benzene rings is 1. The maximum atomic E-state index is 12.5. The number of rotatable bonds is 6. The van der Waals surface area contributed by atoms with E-state index in [0.29, 0.717) is 12.3 Å². The lowest BCUT2D eigenvalue weighted by Crippen LogP contribution is -2.33. The third kappa shape index (κ3) is 4.55. The van der Waals surface area contributed by atoms with Crippen LogP contribution in [-0.2, 0) is 11.3 Å². The number of carbonyl (C=O) groups excluding carboxylic acids is 1. The van der Waals surface area contributed by atoms with Gasteiger partial charge in [-0.25, -0.2) is 0 Å². The van der Waals surface area contributed by atoms with Crippen molar-refractivity contribution in [1.82, 2.24) is 19.7 Å². The molecule has 1 amide bonds. The van der Waals surface area contributed by atoms with Gasteiger partial charge >= 0.3 is 0 Å². The fourth-order valence-electron chi connectivity index (χ4n) is 3.22. The summed E-state index contributed by atoms with van der Waals surface area (Å²) in [5, 5.41) is 9.47. The summed E-state index contributed by atoms with van der Waals surface area (Å²) >= 11 is 1.47. The van der Waals surface area contributed by atoms with Crippen molar-refractivity contribution in [2.24, 2.45) is 0 Å². The molecule has 0 spiro atoms. The van der Waals surface area contributed by atoms with Crippen molar-refractivity contribution in [2.45, 2.75) is 44.3 Å². The Labute approximate surface area is 159 Å². The number of carbonyl (C=O) groups is 1. The average Bonchev–Trinajstić information content (AvgIpc) is 2.85. The molecule has 1 saturated heterocycles. The van der Waals surface area contributed by atoms with Gasteiger partial charge in [-0.15, -0.1) is 16.8 Å². The molecule has 1 aliphatic rings. The summed E-state index contributed by atoms with van der Waals surface area (Å²) in [4.78, 5) is 14.5. The zero-order valence-electron chi connectivity index (χ0n) is 15.4. The van der Waals surface area contributed by atoms with Crippen molar-refractivity contribution in [2.75, 3.05) is 18.8 Å². The Morgan fingerprint density at radius 3 is 2.69 bits per heavy atom. The van der Waals surface area contributed by atoms with Crippen LogP contribution in [0.1, 0.15) is 31.2 Å². The average molecular weight is 371 g/mol. The Hall–Kier alpha value is -2.08. The van der Waals surface area contributed by atoms with Crippen LogP contribution in [0.2, 0.25) is 0 Å². The first-order valence-corrected chi connectivity index (χ1v) is 10.2. The molecular weight excluding hydrogens is 344 g/mol. The normalized spacial score (nSPS) is 14.9. The molecule has 0 unspecified atom stereocenters. The van der Waals surface area contributed by atoms with Gasteiger partial charge in [-0.1, -0.05) is 54.4 Å². The summed E-state index contributed by atoms with van der Waals surface area (Å²) in [6, 6.07) is 8.22. The molecule has 1 aliphatic heterocycles. The van der Waals surface area contributed by atoms with Crippen molar-refractivity contribution in [3.05, 3.63) is 42.5 Å². The molecule has 138 valence electrons. The molecule has 1 fully saturated rings. The van der Waals surface area contributed by atoms with Gasteiger partial charge in [0.25, 0.3) is 0 Å². The Morgan fingerprint density at radius 2 is 2.00 bits per heavy atom. The molecule has 0 N–H and O–H groups in total. The van der Waals surface area contributed by atoms with E-state index in [1.807, 2.05) is 27.7 Å². The molecule has 0 atom stereocenters. The van der Waals surface area contributed by atoms with Crippen molar-refractivity contribution in [1.29, 1.82) is 0 Å². The van der Waals surface area contributed by atoms with Crippen LogP contribution in [0.3, 0.4) is 0 Å². The first-order chi connectivity index (χ1) is 12.7. The molecule has 3 rings (SSSR count). The van der Waals surface area contributed by atoms with E-state index in [4.69, 9.17) is 0 Å². The summed E-state index contributed by atoms with van der Waals surface area (Å²) < 4.78 is 2.03. The Morgan fingerprint density at radius 1 is 1.23 bits per heavy atom. The predicted molar refractivity (Wildman–Crippen MR) is 106 cm³/mol. The van der Waals surface area contributed by atoms with Crippen LogP contribution in [0.15, 0.2) is 42.1 Å². The number of likely N-dealkylation sites (tertiary alicyclic amines) is 1. The van der Waals surface area contributed by atoms with Crippen LogP contribution < -0.4 is 0 Å². The number of hydrogen-bond donors (Lipinski definition) is 0. The number of amides is 1. The minimum atomic E-state index is 0.196. The molecule has 1 aromatic carbocycles. The van der Waals surface area contributed by atoms with Crippen LogP contribution in [0.4, 0.5) is 0 Å². The van der Waals surface area contributed by atoms with E-state index in [1.54, 1.807) is 0 Å². The summed E-state index contributed by atoms with van der Waals surface area (Å²) in [5.41, 5.74) is 2.21. The first-order valence-electron chi connectivity index (χ1n) is 9.21. The van der Waals surface area contributed by atoms with Gasteiger partial charge in [-0.2, -0.15) is 0 Å². The van der Waals surface area contributed by atoms with Gasteiger partial charge in [0.2, 0.25) is 5.91 Å². The van der Waals surface area contributed by atoms with Gasteiger partial charge in [-0.3, -0.25) is 9.36 Å². The number of aromatic nitrogens is 3. The van der Waals surface area contributed by atoms with E-state index in [9.17, 15) is 4.79 Å². The maximum Gasteiger partial charge on any atom is 0.233 e. The van der Waals surface area contributed by atoms with E-state index in [2.05, 4.69) is 35.8 Å². The summed E-state index contributed by atoms with van der Waals surface area (Å²) in [6.45, 7) is 8.30. The van der Waals surface area contributed by atoms with Gasteiger partial charge in [0.1, 0.15) is 0 Å². The molecule has 6 heteroatoms. The molecule has 1 aromatic heterocycles. The Balaban J connectivity index is 1.73. The number of thioether (sulfide) groups is 1. The van der Waals surface area contributed by atoms with Gasteiger partial charge < -0.3 is 4.90 Å². The highest BCUT2D eigenvalue weighted by Crippen LogP contribution is 2.25. The minimum Gasteiger partial charge on any atom is -0.342 e. The molecule has 0 aliphatic carbocycles. The predicted octanol–water partition coefficient (Wildman–Crippen LogP) is 3.93. The zero-order valence-corrected chi connectivity index (χ0v) is 16.2. The third-order valence-electron chi connectivity index (χ3n) is 4.59. The van der Waals surface area contributed by atoms with Crippen LogP contribution in [0.5, 0.6) is 0 Å². The highest BCUT2D eigenvalue weighted by Gasteiger charge is 2.19. The van der Waals surface area contributed by atoms with E-state index in [-0.39, 0.29) is 5.91 Å². The summed E-state index contributed by atoms with van der Waals surface area (Å²) in [7, 11) is 0. The molecule has 2 heterocycles. The lowest BCUT2D eigenvalue weighted by Gasteiger charge is -2.19. The fourth-order valence-corrected chi connectivity index (χ4v) is 4.08. The number of hydrogen-bond acceptors (Lipinski definition) is 4. The monoisotopic (exact) mass is 370 g/mol. The van der Waals surface area contributed by atoms with Crippen molar-refractivity contribution >= 4 is 17.7 Å². The van der Waals surface area contributed by atoms with E-state index in [0.717, 1.165) is 42.5 Å². The van der Waals surface area contributed by atoms with Gasteiger partial charge in [0.15, 0.2) is 11.0 Å². The molecule has 0 bridgehead atoms. The van der Waals surface area contributed by atoms with E-state index in [1.165, 1.54) is 30.2 Å². The van der Waals surface area contributed by atoms with Gasteiger partial charge in [0.05, 0.1) is 5.75 Å². The maximum absolute atomic E-state index is 12.5. The number of allylic oxidation sites excluding steroid dienone is 1. The molecule has 0 radical (unpaired) electrons. The molecule has 2 aromatic rings. The molecule has 0 saturated carbocycles. The van der Waals surface area contributed by atoms with Crippen molar-refractivity contribution in [3.8, 4) is 11.4 Å². The molecular formula is C20H26N4OS. The quantitative estimate of drug-likeness (QED) is 0.571. The topological polar surface area (TPSA) is 51.0 Å². The van der Waals surface area contributed by atoms with E-state index < -0.39 is 0 Å². The minimum absolute atomic E-state index is 0.196. The van der Waals surface area contributed by atoms with Crippen LogP contribution >= 0.6 is 11.8 Å². The Kier molecular flexibility index (Phi) is 6.50. The molecule has 26 heavy (non-hydrogen) atoms. The standard InChI is InChI=1S/C20H26N4OS/c1-3-11-24-19(17-10-8-9-16(2)14-17)21-22-20(24)26-15-18(25)23-12-6-4-5-7-13-23/h3,8-10,14H,1,4-7,11-13,15H2,2H3. The fraction of sp³-hybridized carbons (Fsp3) is 0.450. The van der Waals surface area contributed by atoms with Gasteiger partial charge in [0, 0.05) is 25.2 Å². The van der Waals surface area contributed by atoms with Crippen LogP contribution in [0.25, 0.3) is 11.4 Å². The number of nitrogens with zero attached hydrogens (tertiary/aromatic N) is 4.